The SMILES string of the molecule is FC(F)(F)C1(C2(C(F)(F)F)SCCCS2)SCCCS1. The molecule has 0 nitrogen and oxygen atoms in total. The van der Waals surface area contributed by atoms with Crippen molar-refractivity contribution in [2.45, 2.75) is 33.4 Å². The molecule has 20 heavy (non-hydrogen) atoms. The topological polar surface area (TPSA) is 0 Å². The van der Waals surface area contributed by atoms with E-state index in [1.54, 1.807) is 0 Å². The Balaban J connectivity index is 2.52. The Labute approximate surface area is 129 Å². The van der Waals surface area contributed by atoms with E-state index in [1.807, 2.05) is 0 Å². The molecule has 2 heterocycles. The van der Waals surface area contributed by atoms with E-state index >= 15 is 0 Å². The van der Waals surface area contributed by atoms with Gasteiger partial charge in [-0.2, -0.15) is 26.3 Å². The van der Waals surface area contributed by atoms with Crippen LogP contribution in [-0.2, 0) is 0 Å². The second-order valence-corrected chi connectivity index (χ2v) is 10.1. The standard InChI is InChI=1S/C10H12F6S4/c11-9(12,13)7(17-3-1-4-18-7)8(10(14,15)16)19-5-2-6-20-8/h1-6H2. The molecule has 0 amide bonds. The second kappa shape index (κ2) is 5.88. The van der Waals surface area contributed by atoms with Gasteiger partial charge in [0, 0.05) is 0 Å². The maximum atomic E-state index is 13.6. The van der Waals surface area contributed by atoms with Gasteiger partial charge in [-0.1, -0.05) is 0 Å². The van der Waals surface area contributed by atoms with E-state index in [-0.39, 0.29) is 23.0 Å². The van der Waals surface area contributed by atoms with Crippen molar-refractivity contribution in [3.05, 3.63) is 0 Å². The van der Waals surface area contributed by atoms with Crippen molar-refractivity contribution >= 4 is 47.0 Å². The molecule has 0 radical (unpaired) electrons. The van der Waals surface area contributed by atoms with Crippen LogP contribution in [-0.4, -0.2) is 43.5 Å². The van der Waals surface area contributed by atoms with Crippen molar-refractivity contribution < 1.29 is 26.3 Å². The largest absolute Gasteiger partial charge is 0.414 e. The van der Waals surface area contributed by atoms with Crippen molar-refractivity contribution in [1.82, 2.24) is 0 Å². The van der Waals surface area contributed by atoms with E-state index in [0.717, 1.165) is 0 Å². The molecule has 0 atom stereocenters. The first-order valence-electron chi connectivity index (χ1n) is 5.86. The molecule has 10 heteroatoms. The van der Waals surface area contributed by atoms with Crippen LogP contribution in [0.15, 0.2) is 0 Å². The van der Waals surface area contributed by atoms with Gasteiger partial charge in [-0.05, 0) is 35.9 Å². The van der Waals surface area contributed by atoms with Gasteiger partial charge < -0.3 is 0 Å². The number of hydrogen-bond donors (Lipinski definition) is 0. The summed E-state index contributed by atoms with van der Waals surface area (Å²) in [5.41, 5.74) is 0. The normalized spacial score (nSPS) is 27.3. The molecule has 0 aromatic carbocycles. The van der Waals surface area contributed by atoms with Crippen LogP contribution in [0.5, 0.6) is 0 Å². The predicted octanol–water partition coefficient (Wildman–Crippen LogP) is 5.24. The number of hydrogen-bond acceptors (Lipinski definition) is 4. The number of halogens is 6. The molecular weight excluding hydrogens is 362 g/mol. The molecule has 0 saturated carbocycles. The van der Waals surface area contributed by atoms with E-state index in [4.69, 9.17) is 0 Å². The summed E-state index contributed by atoms with van der Waals surface area (Å²) in [6, 6.07) is 0. The van der Waals surface area contributed by atoms with Crippen LogP contribution >= 0.6 is 47.0 Å². The zero-order chi connectivity index (χ0) is 15.1. The number of rotatable bonds is 1. The van der Waals surface area contributed by atoms with Crippen molar-refractivity contribution in [2.24, 2.45) is 0 Å². The van der Waals surface area contributed by atoms with Crippen LogP contribution in [0, 0.1) is 0 Å². The molecule has 118 valence electrons. The molecule has 0 aliphatic carbocycles. The maximum Gasteiger partial charge on any atom is 0.414 e. The quantitative estimate of drug-likeness (QED) is 0.575. The Morgan fingerprint density at radius 1 is 0.550 bits per heavy atom. The van der Waals surface area contributed by atoms with Gasteiger partial charge in [-0.25, -0.2) is 0 Å². The van der Waals surface area contributed by atoms with Crippen molar-refractivity contribution in [2.75, 3.05) is 23.0 Å². The van der Waals surface area contributed by atoms with Crippen LogP contribution in [0.4, 0.5) is 26.3 Å². The lowest BCUT2D eigenvalue weighted by atomic mass is 10.2. The average Bonchev–Trinajstić information content (AvgIpc) is 2.38. The highest BCUT2D eigenvalue weighted by atomic mass is 32.2. The number of alkyl halides is 6. The Bertz CT molecular complexity index is 307. The molecule has 2 aliphatic heterocycles. The third-order valence-electron chi connectivity index (χ3n) is 2.98. The Morgan fingerprint density at radius 3 is 1.00 bits per heavy atom. The zero-order valence-corrected chi connectivity index (χ0v) is 13.4. The summed E-state index contributed by atoms with van der Waals surface area (Å²) in [7, 11) is 0. The molecule has 0 N–H and O–H groups in total. The molecule has 2 aliphatic rings. The lowest BCUT2D eigenvalue weighted by molar-refractivity contribution is -0.188. The molecule has 0 aromatic rings. The second-order valence-electron chi connectivity index (χ2n) is 4.33. The molecule has 0 unspecified atom stereocenters. The smallest absolute Gasteiger partial charge is 0.168 e. The van der Waals surface area contributed by atoms with Crippen LogP contribution in [0.2, 0.25) is 0 Å². The van der Waals surface area contributed by atoms with Crippen LogP contribution in [0.1, 0.15) is 12.8 Å². The molecular formula is C10H12F6S4. The van der Waals surface area contributed by atoms with Crippen LogP contribution in [0.25, 0.3) is 0 Å². The molecule has 0 spiro atoms. The molecule has 0 bridgehead atoms. The first-order chi connectivity index (χ1) is 9.16. The van der Waals surface area contributed by atoms with Gasteiger partial charge in [0.2, 0.25) is 0 Å². The van der Waals surface area contributed by atoms with Crippen molar-refractivity contribution in [3.8, 4) is 0 Å². The molecule has 2 fully saturated rings. The zero-order valence-electron chi connectivity index (χ0n) is 10.1. The monoisotopic (exact) mass is 374 g/mol. The summed E-state index contributed by atoms with van der Waals surface area (Å²) < 4.78 is 75.9. The first-order valence-corrected chi connectivity index (χ1v) is 9.80. The highest BCUT2D eigenvalue weighted by Crippen LogP contribution is 2.71. The summed E-state index contributed by atoms with van der Waals surface area (Å²) in [6.45, 7) is 0. The highest BCUT2D eigenvalue weighted by molar-refractivity contribution is 8.25. The van der Waals surface area contributed by atoms with Gasteiger partial charge in [0.25, 0.3) is 0 Å². The third-order valence-corrected chi connectivity index (χ3v) is 10.7. The predicted molar refractivity (Wildman–Crippen MR) is 76.6 cm³/mol. The third kappa shape index (κ3) is 2.67. The van der Waals surface area contributed by atoms with Gasteiger partial charge in [-0.3, -0.25) is 0 Å². The van der Waals surface area contributed by atoms with Gasteiger partial charge in [-0.15, -0.1) is 47.0 Å². The van der Waals surface area contributed by atoms with Crippen LogP contribution in [0.3, 0.4) is 0 Å². The first kappa shape index (κ1) is 17.3. The Morgan fingerprint density at radius 2 is 0.800 bits per heavy atom. The Kier molecular flexibility index (Phi) is 5.10. The summed E-state index contributed by atoms with van der Waals surface area (Å²) in [5.74, 6) is 0.466. The van der Waals surface area contributed by atoms with Gasteiger partial charge in [0.05, 0.1) is 0 Å². The van der Waals surface area contributed by atoms with Gasteiger partial charge in [0.1, 0.15) is 0 Å². The molecule has 0 aromatic heterocycles. The van der Waals surface area contributed by atoms with E-state index in [1.165, 1.54) is 0 Å². The van der Waals surface area contributed by atoms with Gasteiger partial charge in [0.15, 0.2) is 8.16 Å². The summed E-state index contributed by atoms with van der Waals surface area (Å²) >= 11 is 1.70. The van der Waals surface area contributed by atoms with E-state index < -0.39 is 20.5 Å². The lowest BCUT2D eigenvalue weighted by Gasteiger charge is -2.52. The van der Waals surface area contributed by atoms with Crippen LogP contribution < -0.4 is 0 Å². The van der Waals surface area contributed by atoms with E-state index in [9.17, 15) is 26.3 Å². The summed E-state index contributed by atoms with van der Waals surface area (Å²) in [6.07, 6.45) is -8.77. The Hall–Kier alpha value is 0.980. The van der Waals surface area contributed by atoms with Crippen molar-refractivity contribution in [1.29, 1.82) is 0 Å². The fourth-order valence-electron chi connectivity index (χ4n) is 2.15. The fourth-order valence-corrected chi connectivity index (χ4v) is 9.77. The van der Waals surface area contributed by atoms with E-state index in [2.05, 4.69) is 0 Å². The average molecular weight is 374 g/mol. The number of thioether (sulfide) groups is 4. The maximum absolute atomic E-state index is 13.6. The fraction of sp³-hybridized carbons (Fsp3) is 1.00. The van der Waals surface area contributed by atoms with E-state index in [0.29, 0.717) is 59.9 Å². The minimum absolute atomic E-state index is 0.117. The minimum Gasteiger partial charge on any atom is -0.168 e. The lowest BCUT2D eigenvalue weighted by Crippen LogP contribution is -2.63. The molecule has 2 rings (SSSR count). The highest BCUT2D eigenvalue weighted by Gasteiger charge is 2.78. The van der Waals surface area contributed by atoms with Crippen molar-refractivity contribution in [3.63, 3.8) is 0 Å². The summed E-state index contributed by atoms with van der Waals surface area (Å²) in [5, 5.41) is 0. The molecule has 2 saturated heterocycles. The minimum atomic E-state index is -4.89. The van der Waals surface area contributed by atoms with Gasteiger partial charge >= 0.3 is 12.4 Å². The summed E-state index contributed by atoms with van der Waals surface area (Å²) in [4.78, 5) is 0.